The maximum absolute atomic E-state index is 8.77. The number of anilines is 1. The van der Waals surface area contributed by atoms with Gasteiger partial charge in [0.25, 0.3) is 0 Å². The zero-order valence-corrected chi connectivity index (χ0v) is 5.13. The first kappa shape index (κ1) is 5.88. The van der Waals surface area contributed by atoms with Crippen LogP contribution in [0, 0.1) is 6.92 Å². The number of hydrogen-bond donors (Lipinski definition) is 2. The van der Waals surface area contributed by atoms with Crippen LogP contribution in [0.3, 0.4) is 0 Å². The first-order valence-corrected chi connectivity index (χ1v) is 2.61. The molecule has 9 heavy (non-hydrogen) atoms. The van der Waals surface area contributed by atoms with Crippen molar-refractivity contribution >= 4 is 5.69 Å². The summed E-state index contributed by atoms with van der Waals surface area (Å²) in [6.07, 6.45) is 1.44. The third-order valence-corrected chi connectivity index (χ3v) is 1.14. The summed E-state index contributed by atoms with van der Waals surface area (Å²) in [6.45, 7) is 1.82. The number of aryl methyl sites for hydroxylation is 1. The molecular weight excluding hydrogens is 116 g/mol. The predicted octanol–water partition coefficient (Wildman–Crippen LogP) is 0.678. The standard InChI is InChI=1S/C6H8N2O/c1-4-2-6(9)8-3-5(4)7/h2-3H,7H2,1H3,(H,8,9). The van der Waals surface area contributed by atoms with E-state index in [-0.39, 0.29) is 5.88 Å². The van der Waals surface area contributed by atoms with Crippen molar-refractivity contribution in [2.75, 3.05) is 5.73 Å². The first-order chi connectivity index (χ1) is 4.20. The van der Waals surface area contributed by atoms with Gasteiger partial charge in [-0.25, -0.2) is 4.98 Å². The van der Waals surface area contributed by atoms with E-state index in [0.717, 1.165) is 5.56 Å². The number of nitrogens with zero attached hydrogens (tertiary/aromatic N) is 1. The van der Waals surface area contributed by atoms with Crippen LogP contribution in [0.5, 0.6) is 5.88 Å². The SMILES string of the molecule is Cc1cc(O)ncc1N. The summed E-state index contributed by atoms with van der Waals surface area (Å²) in [5.41, 5.74) is 6.87. The van der Waals surface area contributed by atoms with Crippen molar-refractivity contribution in [1.82, 2.24) is 4.98 Å². The maximum Gasteiger partial charge on any atom is 0.211 e. The predicted molar refractivity (Wildman–Crippen MR) is 35.1 cm³/mol. The van der Waals surface area contributed by atoms with E-state index in [1.165, 1.54) is 12.3 Å². The van der Waals surface area contributed by atoms with Crippen LogP contribution in [0.15, 0.2) is 12.3 Å². The van der Waals surface area contributed by atoms with Gasteiger partial charge in [0.2, 0.25) is 5.88 Å². The summed E-state index contributed by atoms with van der Waals surface area (Å²) in [7, 11) is 0. The van der Waals surface area contributed by atoms with Crippen LogP contribution in [0.4, 0.5) is 5.69 Å². The molecule has 1 rings (SSSR count). The van der Waals surface area contributed by atoms with Crippen molar-refractivity contribution in [3.8, 4) is 5.88 Å². The number of pyridine rings is 1. The molecule has 0 aliphatic heterocycles. The minimum Gasteiger partial charge on any atom is -0.493 e. The average molecular weight is 124 g/mol. The van der Waals surface area contributed by atoms with E-state index in [1.54, 1.807) is 0 Å². The Labute approximate surface area is 53.2 Å². The largest absolute Gasteiger partial charge is 0.493 e. The van der Waals surface area contributed by atoms with E-state index in [0.29, 0.717) is 5.69 Å². The van der Waals surface area contributed by atoms with E-state index in [1.807, 2.05) is 6.92 Å². The van der Waals surface area contributed by atoms with E-state index in [9.17, 15) is 0 Å². The van der Waals surface area contributed by atoms with Crippen molar-refractivity contribution < 1.29 is 5.11 Å². The van der Waals surface area contributed by atoms with Gasteiger partial charge in [0.15, 0.2) is 0 Å². The second kappa shape index (κ2) is 1.93. The summed E-state index contributed by atoms with van der Waals surface area (Å²) in [5, 5.41) is 8.77. The third-order valence-electron chi connectivity index (χ3n) is 1.14. The molecule has 3 heteroatoms. The van der Waals surface area contributed by atoms with Crippen LogP contribution in [0.1, 0.15) is 5.56 Å². The van der Waals surface area contributed by atoms with Gasteiger partial charge in [-0.15, -0.1) is 0 Å². The molecule has 0 saturated heterocycles. The third kappa shape index (κ3) is 1.10. The highest BCUT2D eigenvalue weighted by Crippen LogP contribution is 2.12. The fraction of sp³-hybridized carbons (Fsp3) is 0.167. The lowest BCUT2D eigenvalue weighted by Gasteiger charge is -1.96. The molecule has 0 saturated carbocycles. The van der Waals surface area contributed by atoms with Gasteiger partial charge < -0.3 is 10.8 Å². The van der Waals surface area contributed by atoms with Crippen molar-refractivity contribution in [3.63, 3.8) is 0 Å². The Balaban J connectivity index is 3.17. The second-order valence-electron chi connectivity index (χ2n) is 1.90. The summed E-state index contributed by atoms with van der Waals surface area (Å²) in [5.74, 6) is 0.0155. The molecule has 0 radical (unpaired) electrons. The fourth-order valence-electron chi connectivity index (χ4n) is 0.552. The lowest BCUT2D eigenvalue weighted by atomic mass is 10.2. The Morgan fingerprint density at radius 3 is 2.78 bits per heavy atom. The van der Waals surface area contributed by atoms with E-state index < -0.39 is 0 Å². The molecule has 0 spiro atoms. The molecule has 0 aliphatic carbocycles. The molecule has 0 unspecified atom stereocenters. The van der Waals surface area contributed by atoms with Gasteiger partial charge in [-0.05, 0) is 12.5 Å². The molecule has 1 heterocycles. The van der Waals surface area contributed by atoms with Crippen molar-refractivity contribution in [1.29, 1.82) is 0 Å². The van der Waals surface area contributed by atoms with Gasteiger partial charge in [0.1, 0.15) is 0 Å². The molecule has 0 aromatic carbocycles. The summed E-state index contributed by atoms with van der Waals surface area (Å²) < 4.78 is 0. The minimum absolute atomic E-state index is 0.0155. The molecule has 0 bridgehead atoms. The summed E-state index contributed by atoms with van der Waals surface area (Å²) in [4.78, 5) is 3.57. The van der Waals surface area contributed by atoms with Crippen LogP contribution >= 0.6 is 0 Å². The first-order valence-electron chi connectivity index (χ1n) is 2.61. The van der Waals surface area contributed by atoms with Crippen molar-refractivity contribution in [2.45, 2.75) is 6.92 Å². The molecular formula is C6H8N2O. The number of aromatic nitrogens is 1. The van der Waals surface area contributed by atoms with Crippen LogP contribution < -0.4 is 5.73 Å². The van der Waals surface area contributed by atoms with Crippen molar-refractivity contribution in [2.24, 2.45) is 0 Å². The highest BCUT2D eigenvalue weighted by atomic mass is 16.3. The Hall–Kier alpha value is -1.25. The van der Waals surface area contributed by atoms with E-state index in [4.69, 9.17) is 10.8 Å². The lowest BCUT2D eigenvalue weighted by molar-refractivity contribution is 0.453. The normalized spacial score (nSPS) is 9.44. The monoisotopic (exact) mass is 124 g/mol. The van der Waals surface area contributed by atoms with Gasteiger partial charge >= 0.3 is 0 Å². The molecule has 0 amide bonds. The van der Waals surface area contributed by atoms with Gasteiger partial charge in [-0.2, -0.15) is 0 Å². The molecule has 1 aromatic heterocycles. The number of nitrogen functional groups attached to an aromatic ring is 1. The van der Waals surface area contributed by atoms with Crippen LogP contribution in [-0.4, -0.2) is 10.1 Å². The highest BCUT2D eigenvalue weighted by Gasteiger charge is 1.93. The zero-order valence-electron chi connectivity index (χ0n) is 5.13. The minimum atomic E-state index is 0.0155. The number of hydrogen-bond acceptors (Lipinski definition) is 3. The Morgan fingerprint density at radius 1 is 1.67 bits per heavy atom. The van der Waals surface area contributed by atoms with Gasteiger partial charge in [-0.3, -0.25) is 0 Å². The fourth-order valence-corrected chi connectivity index (χ4v) is 0.552. The summed E-state index contributed by atoms with van der Waals surface area (Å²) >= 11 is 0. The lowest BCUT2D eigenvalue weighted by Crippen LogP contribution is -1.89. The van der Waals surface area contributed by atoms with Crippen molar-refractivity contribution in [3.05, 3.63) is 17.8 Å². The molecule has 0 aliphatic rings. The van der Waals surface area contributed by atoms with Gasteiger partial charge in [0, 0.05) is 6.07 Å². The molecule has 1 aromatic rings. The molecule has 0 atom stereocenters. The molecule has 3 N–H and O–H groups in total. The van der Waals surface area contributed by atoms with Gasteiger partial charge in [0.05, 0.1) is 11.9 Å². The number of nitrogens with two attached hydrogens (primary N) is 1. The molecule has 3 nitrogen and oxygen atoms in total. The van der Waals surface area contributed by atoms with E-state index in [2.05, 4.69) is 4.98 Å². The Morgan fingerprint density at radius 2 is 2.33 bits per heavy atom. The number of aromatic hydroxyl groups is 1. The highest BCUT2D eigenvalue weighted by molar-refractivity contribution is 5.44. The van der Waals surface area contributed by atoms with Crippen LogP contribution in [0.25, 0.3) is 0 Å². The second-order valence-corrected chi connectivity index (χ2v) is 1.90. The number of rotatable bonds is 0. The topological polar surface area (TPSA) is 59.1 Å². The maximum atomic E-state index is 8.77. The average Bonchev–Trinajstić information content (AvgIpc) is 1.80. The smallest absolute Gasteiger partial charge is 0.211 e. The van der Waals surface area contributed by atoms with Crippen LogP contribution in [0.2, 0.25) is 0 Å². The van der Waals surface area contributed by atoms with E-state index >= 15 is 0 Å². The Bertz CT molecular complexity index is 222. The Kier molecular flexibility index (Phi) is 1.26. The van der Waals surface area contributed by atoms with Crippen LogP contribution in [-0.2, 0) is 0 Å². The van der Waals surface area contributed by atoms with Gasteiger partial charge in [-0.1, -0.05) is 0 Å². The molecule has 0 fully saturated rings. The molecule has 48 valence electrons. The quantitative estimate of drug-likeness (QED) is 0.534. The summed E-state index contributed by atoms with van der Waals surface area (Å²) in [6, 6.07) is 1.52. The zero-order chi connectivity index (χ0) is 6.85.